The van der Waals surface area contributed by atoms with Gasteiger partial charge >= 0.3 is 6.18 Å². The molecule has 0 atom stereocenters. The summed E-state index contributed by atoms with van der Waals surface area (Å²) in [5, 5.41) is 5.32. The van der Waals surface area contributed by atoms with E-state index in [0.29, 0.717) is 55.7 Å². The van der Waals surface area contributed by atoms with Crippen LogP contribution in [-0.4, -0.2) is 51.8 Å². The summed E-state index contributed by atoms with van der Waals surface area (Å²) in [6, 6.07) is 9.28. The molecule has 0 unspecified atom stereocenters. The Bertz CT molecular complexity index is 1180. The molecule has 0 N–H and O–H groups in total. The molecule has 7 nitrogen and oxygen atoms in total. The molecule has 0 spiro atoms. The Morgan fingerprint density at radius 2 is 1.72 bits per heavy atom. The molecule has 10 heteroatoms. The maximum absolute atomic E-state index is 13.3. The van der Waals surface area contributed by atoms with Crippen LogP contribution in [0.2, 0.25) is 0 Å². The quantitative estimate of drug-likeness (QED) is 0.617. The fourth-order valence-electron chi connectivity index (χ4n) is 3.79. The molecule has 0 saturated carbocycles. The smallest absolute Gasteiger partial charge is 0.353 e. The molecule has 3 heterocycles. The number of anilines is 1. The van der Waals surface area contributed by atoms with Crippen molar-refractivity contribution in [3.05, 3.63) is 64.2 Å². The summed E-state index contributed by atoms with van der Waals surface area (Å²) in [5.41, 5.74) is -0.790. The van der Waals surface area contributed by atoms with Gasteiger partial charge in [-0.3, -0.25) is 9.59 Å². The second-order valence-corrected chi connectivity index (χ2v) is 7.60. The van der Waals surface area contributed by atoms with Crippen molar-refractivity contribution in [3.63, 3.8) is 0 Å². The molecular weight excluding hydrogens is 423 g/mol. The Kier molecular flexibility index (Phi) is 5.86. The SMILES string of the molecule is CCCn1nc(C(=O)N2CCN(c3ccc(C(F)(F)F)cn3)CC2)c2ccccc2c1=O. The zero-order valence-electron chi connectivity index (χ0n) is 17.5. The van der Waals surface area contributed by atoms with Gasteiger partial charge in [0.15, 0.2) is 5.69 Å². The second-order valence-electron chi connectivity index (χ2n) is 7.60. The number of hydrogen-bond donors (Lipinski definition) is 0. The first-order valence-electron chi connectivity index (χ1n) is 10.4. The van der Waals surface area contributed by atoms with Crippen LogP contribution in [0, 0.1) is 0 Å². The molecule has 3 aromatic rings. The number of rotatable bonds is 4. The molecule has 1 amide bonds. The van der Waals surface area contributed by atoms with Crippen LogP contribution in [-0.2, 0) is 12.7 Å². The van der Waals surface area contributed by atoms with Gasteiger partial charge in [0.05, 0.1) is 10.9 Å². The third-order valence-electron chi connectivity index (χ3n) is 5.47. The number of amides is 1. The maximum Gasteiger partial charge on any atom is 0.417 e. The predicted molar refractivity (Wildman–Crippen MR) is 114 cm³/mol. The summed E-state index contributed by atoms with van der Waals surface area (Å²) in [6.45, 7) is 3.93. The van der Waals surface area contributed by atoms with E-state index in [2.05, 4.69) is 10.1 Å². The lowest BCUT2D eigenvalue weighted by atomic mass is 10.1. The Labute approximate surface area is 182 Å². The van der Waals surface area contributed by atoms with Crippen molar-refractivity contribution in [2.24, 2.45) is 0 Å². The molecule has 32 heavy (non-hydrogen) atoms. The predicted octanol–water partition coefficient (Wildman–Crippen LogP) is 3.18. The summed E-state index contributed by atoms with van der Waals surface area (Å²) in [4.78, 5) is 33.3. The summed E-state index contributed by atoms with van der Waals surface area (Å²) in [6.07, 6.45) is -2.90. The van der Waals surface area contributed by atoms with Gasteiger partial charge in [-0.15, -0.1) is 0 Å². The zero-order valence-corrected chi connectivity index (χ0v) is 17.5. The number of benzene rings is 1. The van der Waals surface area contributed by atoms with E-state index in [-0.39, 0.29) is 17.2 Å². The van der Waals surface area contributed by atoms with Gasteiger partial charge in [-0.25, -0.2) is 9.67 Å². The molecule has 168 valence electrons. The molecule has 4 rings (SSSR count). The van der Waals surface area contributed by atoms with Gasteiger partial charge in [-0.1, -0.05) is 25.1 Å². The number of pyridine rings is 1. The minimum absolute atomic E-state index is 0.225. The van der Waals surface area contributed by atoms with Crippen molar-refractivity contribution in [1.29, 1.82) is 0 Å². The van der Waals surface area contributed by atoms with Gasteiger partial charge in [0.2, 0.25) is 0 Å². The largest absolute Gasteiger partial charge is 0.417 e. The topological polar surface area (TPSA) is 71.3 Å². The number of aryl methyl sites for hydroxylation is 1. The van der Waals surface area contributed by atoms with E-state index < -0.39 is 11.7 Å². The van der Waals surface area contributed by atoms with Crippen LogP contribution in [0.1, 0.15) is 29.4 Å². The van der Waals surface area contributed by atoms with Gasteiger partial charge in [0.25, 0.3) is 11.5 Å². The third kappa shape index (κ3) is 4.17. The number of carbonyl (C=O) groups is 1. The number of fused-ring (bicyclic) bond motifs is 1. The number of alkyl halides is 3. The fourth-order valence-corrected chi connectivity index (χ4v) is 3.79. The summed E-state index contributed by atoms with van der Waals surface area (Å²) >= 11 is 0. The Morgan fingerprint density at radius 3 is 2.31 bits per heavy atom. The average molecular weight is 445 g/mol. The van der Waals surface area contributed by atoms with Crippen LogP contribution in [0.25, 0.3) is 10.8 Å². The molecule has 0 aliphatic carbocycles. The van der Waals surface area contributed by atoms with Crippen LogP contribution < -0.4 is 10.5 Å². The van der Waals surface area contributed by atoms with E-state index in [0.717, 1.165) is 12.3 Å². The Balaban J connectivity index is 1.53. The fraction of sp³-hybridized carbons (Fsp3) is 0.364. The van der Waals surface area contributed by atoms with Crippen LogP contribution in [0.3, 0.4) is 0 Å². The monoisotopic (exact) mass is 445 g/mol. The highest BCUT2D eigenvalue weighted by Crippen LogP contribution is 2.29. The molecular formula is C22H22F3N5O2. The average Bonchev–Trinajstić information content (AvgIpc) is 2.80. The third-order valence-corrected chi connectivity index (χ3v) is 5.47. The van der Waals surface area contributed by atoms with Gasteiger partial charge in [0, 0.05) is 44.3 Å². The van der Waals surface area contributed by atoms with Gasteiger partial charge in [-0.05, 0) is 24.6 Å². The first kappa shape index (κ1) is 21.8. The normalized spacial score (nSPS) is 14.8. The molecule has 1 aliphatic rings. The standard InChI is InChI=1S/C22H22F3N5O2/c1-2-9-30-20(31)17-6-4-3-5-16(17)19(27-30)21(32)29-12-10-28(11-13-29)18-8-7-15(14-26-18)22(23,24)25/h3-8,14H,2,9-13H2,1H3. The van der Waals surface area contributed by atoms with Gasteiger partial charge in [0.1, 0.15) is 5.82 Å². The van der Waals surface area contributed by atoms with Crippen molar-refractivity contribution < 1.29 is 18.0 Å². The molecule has 1 aliphatic heterocycles. The van der Waals surface area contributed by atoms with Crippen LogP contribution in [0.4, 0.5) is 19.0 Å². The highest BCUT2D eigenvalue weighted by atomic mass is 19.4. The molecule has 1 aromatic carbocycles. The van der Waals surface area contributed by atoms with E-state index in [1.807, 2.05) is 11.8 Å². The summed E-state index contributed by atoms with van der Waals surface area (Å²) in [5.74, 6) is 0.163. The Hall–Kier alpha value is -3.43. The van der Waals surface area contributed by atoms with Crippen molar-refractivity contribution in [2.45, 2.75) is 26.1 Å². The highest BCUT2D eigenvalue weighted by Gasteiger charge is 2.31. The summed E-state index contributed by atoms with van der Waals surface area (Å²) < 4.78 is 39.6. The van der Waals surface area contributed by atoms with Crippen LogP contribution in [0.15, 0.2) is 47.4 Å². The minimum atomic E-state index is -4.43. The number of halogens is 3. The van der Waals surface area contributed by atoms with Crippen LogP contribution >= 0.6 is 0 Å². The first-order chi connectivity index (χ1) is 15.3. The van der Waals surface area contributed by atoms with E-state index >= 15 is 0 Å². The van der Waals surface area contributed by atoms with E-state index in [1.165, 1.54) is 10.7 Å². The van der Waals surface area contributed by atoms with Gasteiger partial charge < -0.3 is 9.80 Å². The van der Waals surface area contributed by atoms with E-state index in [1.54, 1.807) is 29.2 Å². The number of nitrogens with zero attached hydrogens (tertiary/aromatic N) is 5. The number of carbonyl (C=O) groups excluding carboxylic acids is 1. The molecule has 1 fully saturated rings. The van der Waals surface area contributed by atoms with Crippen molar-refractivity contribution in [3.8, 4) is 0 Å². The van der Waals surface area contributed by atoms with Crippen molar-refractivity contribution in [1.82, 2.24) is 19.7 Å². The van der Waals surface area contributed by atoms with E-state index in [4.69, 9.17) is 0 Å². The molecule has 1 saturated heterocycles. The minimum Gasteiger partial charge on any atom is -0.353 e. The van der Waals surface area contributed by atoms with Crippen molar-refractivity contribution in [2.75, 3.05) is 31.1 Å². The number of hydrogen-bond acceptors (Lipinski definition) is 5. The highest BCUT2D eigenvalue weighted by molar-refractivity contribution is 6.04. The molecule has 2 aromatic heterocycles. The number of piperazine rings is 1. The zero-order chi connectivity index (χ0) is 22.9. The lowest BCUT2D eigenvalue weighted by Gasteiger charge is -2.35. The molecule has 0 bridgehead atoms. The van der Waals surface area contributed by atoms with E-state index in [9.17, 15) is 22.8 Å². The lowest BCUT2D eigenvalue weighted by molar-refractivity contribution is -0.137. The first-order valence-corrected chi connectivity index (χ1v) is 10.4. The lowest BCUT2D eigenvalue weighted by Crippen LogP contribution is -2.49. The van der Waals surface area contributed by atoms with Gasteiger partial charge in [-0.2, -0.15) is 18.3 Å². The number of aromatic nitrogens is 3. The van der Waals surface area contributed by atoms with Crippen molar-refractivity contribution >= 4 is 22.5 Å². The maximum atomic E-state index is 13.3. The Morgan fingerprint density at radius 1 is 1.03 bits per heavy atom. The molecule has 0 radical (unpaired) electrons. The summed E-state index contributed by atoms with van der Waals surface area (Å²) in [7, 11) is 0. The second kappa shape index (κ2) is 8.60. The van der Waals surface area contributed by atoms with Crippen LogP contribution in [0.5, 0.6) is 0 Å².